The smallest absolute Gasteiger partial charge is 0.364 e. The Balaban J connectivity index is 2.85. The third-order valence-electron chi connectivity index (χ3n) is 7.03. The van der Waals surface area contributed by atoms with E-state index in [4.69, 9.17) is 42.6 Å². The highest BCUT2D eigenvalue weighted by molar-refractivity contribution is 5.77. The number of hydrogen-bond donors (Lipinski definition) is 4. The van der Waals surface area contributed by atoms with Crippen molar-refractivity contribution in [3.63, 3.8) is 0 Å². The molecule has 0 saturated carbocycles. The van der Waals surface area contributed by atoms with Crippen LogP contribution in [0.4, 0.5) is 0 Å². The van der Waals surface area contributed by atoms with Gasteiger partial charge in [0.2, 0.25) is 12.2 Å². The molecular weight excluding hydrogens is 682 g/mol. The Bertz CT molecular complexity index is 1300. The van der Waals surface area contributed by atoms with Crippen molar-refractivity contribution in [2.24, 2.45) is 0 Å². The van der Waals surface area contributed by atoms with E-state index in [-0.39, 0.29) is 0 Å². The molecule has 21 heteroatoms. The SMILES string of the molecule is CC(=O)N[C@H]1[C@H]([C@H](OC(C)=O)[C@@H](COC(C)=O)OC(C)=O)O[C@@](O[C@@H]2O[C@H](CO)[C@@H](O)[C@H](OC(C)=O)[C@H]2OC(C)=O)(C(=O)O)C[C@@H]1OC(C)=O. The van der Waals surface area contributed by atoms with Crippen LogP contribution >= 0.6 is 0 Å². The number of hydrogen-bond acceptors (Lipinski definition) is 19. The molecule has 0 aromatic carbocycles. The lowest BCUT2D eigenvalue weighted by atomic mass is 9.87. The first-order chi connectivity index (χ1) is 23.2. The highest BCUT2D eigenvalue weighted by Crippen LogP contribution is 2.39. The van der Waals surface area contributed by atoms with Crippen LogP contribution in [0.5, 0.6) is 0 Å². The fraction of sp³-hybridized carbons (Fsp3) is 0.724. The number of aliphatic hydroxyl groups is 2. The zero-order valence-corrected chi connectivity index (χ0v) is 28.2. The van der Waals surface area contributed by atoms with Crippen LogP contribution < -0.4 is 5.32 Å². The average Bonchev–Trinajstić information content (AvgIpc) is 2.97. The first-order valence-corrected chi connectivity index (χ1v) is 15.0. The summed E-state index contributed by atoms with van der Waals surface area (Å²) in [6, 6.07) is -1.59. The van der Waals surface area contributed by atoms with Crippen LogP contribution in [0.3, 0.4) is 0 Å². The number of aliphatic hydroxyl groups excluding tert-OH is 2. The maximum absolute atomic E-state index is 13.2. The molecule has 2 aliphatic heterocycles. The molecule has 2 rings (SSSR count). The van der Waals surface area contributed by atoms with Crippen LogP contribution in [0, 0.1) is 0 Å². The lowest BCUT2D eigenvalue weighted by molar-refractivity contribution is -0.388. The molecule has 4 N–H and O–H groups in total. The van der Waals surface area contributed by atoms with E-state index in [1.54, 1.807) is 0 Å². The van der Waals surface area contributed by atoms with E-state index in [0.29, 0.717) is 0 Å². The molecule has 0 spiro atoms. The van der Waals surface area contributed by atoms with E-state index >= 15 is 0 Å². The number of esters is 6. The van der Waals surface area contributed by atoms with Crippen LogP contribution in [-0.4, -0.2) is 143 Å². The van der Waals surface area contributed by atoms with Crippen LogP contribution in [0.1, 0.15) is 54.9 Å². The number of nitrogens with one attached hydrogen (secondary N) is 1. The molecule has 282 valence electrons. The van der Waals surface area contributed by atoms with Crippen LogP contribution in [0.2, 0.25) is 0 Å². The third kappa shape index (κ3) is 11.3. The van der Waals surface area contributed by atoms with Crippen molar-refractivity contribution in [3.05, 3.63) is 0 Å². The summed E-state index contributed by atoms with van der Waals surface area (Å²) in [6.45, 7) is 4.98. The average molecular weight is 724 g/mol. The van der Waals surface area contributed by atoms with Gasteiger partial charge in [0.1, 0.15) is 31.0 Å². The first kappa shape index (κ1) is 41.7. The second kappa shape index (κ2) is 18.0. The fourth-order valence-corrected chi connectivity index (χ4v) is 5.34. The maximum Gasteiger partial charge on any atom is 0.364 e. The van der Waals surface area contributed by atoms with Gasteiger partial charge in [-0.2, -0.15) is 0 Å². The van der Waals surface area contributed by atoms with Gasteiger partial charge in [-0.25, -0.2) is 4.79 Å². The molecule has 11 atom stereocenters. The Morgan fingerprint density at radius 2 is 1.36 bits per heavy atom. The molecule has 0 aromatic rings. The lowest BCUT2D eigenvalue weighted by Gasteiger charge is -2.50. The first-order valence-electron chi connectivity index (χ1n) is 15.0. The summed E-state index contributed by atoms with van der Waals surface area (Å²) in [6.07, 6.45) is -17.7. The monoisotopic (exact) mass is 723 g/mol. The van der Waals surface area contributed by atoms with E-state index in [1.807, 2.05) is 0 Å². The van der Waals surface area contributed by atoms with Crippen molar-refractivity contribution in [1.82, 2.24) is 5.32 Å². The van der Waals surface area contributed by atoms with Gasteiger partial charge in [-0.3, -0.25) is 33.6 Å². The highest BCUT2D eigenvalue weighted by Gasteiger charge is 2.62. The van der Waals surface area contributed by atoms with Gasteiger partial charge < -0.3 is 63.3 Å². The third-order valence-corrected chi connectivity index (χ3v) is 7.03. The molecule has 2 fully saturated rings. The van der Waals surface area contributed by atoms with Gasteiger partial charge in [0.15, 0.2) is 24.4 Å². The Kier molecular flexibility index (Phi) is 15.0. The summed E-state index contributed by atoms with van der Waals surface area (Å²) in [5.74, 6) is -11.8. The number of carboxylic acids is 1. The topological polar surface area (TPSA) is 292 Å². The largest absolute Gasteiger partial charge is 0.477 e. The Labute approximate surface area is 284 Å². The Hall–Kier alpha value is -4.44. The van der Waals surface area contributed by atoms with Crippen molar-refractivity contribution >= 4 is 47.7 Å². The normalized spacial score (nSPS) is 30.3. The van der Waals surface area contributed by atoms with Gasteiger partial charge in [-0.1, -0.05) is 0 Å². The summed E-state index contributed by atoms with van der Waals surface area (Å²) in [5, 5.41) is 33.7. The van der Waals surface area contributed by atoms with Gasteiger partial charge in [0.25, 0.3) is 5.79 Å². The second-order valence-corrected chi connectivity index (χ2v) is 11.2. The van der Waals surface area contributed by atoms with Crippen molar-refractivity contribution < 1.29 is 96.3 Å². The van der Waals surface area contributed by atoms with Gasteiger partial charge in [0.05, 0.1) is 19.1 Å². The van der Waals surface area contributed by atoms with Crippen LogP contribution in [-0.2, 0) is 81.0 Å². The fourth-order valence-electron chi connectivity index (χ4n) is 5.34. The predicted molar refractivity (Wildman–Crippen MR) is 155 cm³/mol. The molecule has 0 aromatic heterocycles. The van der Waals surface area contributed by atoms with E-state index in [9.17, 15) is 53.7 Å². The number of carboxylic acid groups (broad SMARTS) is 1. The summed E-state index contributed by atoms with van der Waals surface area (Å²) < 4.78 is 48.7. The Morgan fingerprint density at radius 1 is 0.800 bits per heavy atom. The molecule has 0 aliphatic carbocycles. The number of rotatable bonds is 14. The predicted octanol–water partition coefficient (Wildman–Crippen LogP) is -2.62. The summed E-state index contributed by atoms with van der Waals surface area (Å²) in [4.78, 5) is 98.1. The lowest BCUT2D eigenvalue weighted by Crippen LogP contribution is -2.71. The van der Waals surface area contributed by atoms with Gasteiger partial charge in [-0.15, -0.1) is 0 Å². The highest BCUT2D eigenvalue weighted by atomic mass is 16.8. The van der Waals surface area contributed by atoms with Crippen LogP contribution in [0.15, 0.2) is 0 Å². The minimum absolute atomic E-state index is 0.787. The number of amides is 1. The molecule has 2 heterocycles. The second-order valence-electron chi connectivity index (χ2n) is 11.2. The van der Waals surface area contributed by atoms with E-state index < -0.39 is 134 Å². The van der Waals surface area contributed by atoms with Gasteiger partial charge >= 0.3 is 41.8 Å². The van der Waals surface area contributed by atoms with Crippen LogP contribution in [0.25, 0.3) is 0 Å². The zero-order valence-electron chi connectivity index (χ0n) is 28.2. The summed E-state index contributed by atoms with van der Waals surface area (Å²) in [5.41, 5.74) is 0. The minimum atomic E-state index is -3.09. The molecule has 50 heavy (non-hydrogen) atoms. The van der Waals surface area contributed by atoms with E-state index in [2.05, 4.69) is 5.32 Å². The van der Waals surface area contributed by atoms with Crippen molar-refractivity contribution in [1.29, 1.82) is 0 Å². The van der Waals surface area contributed by atoms with Gasteiger partial charge in [0, 0.05) is 48.5 Å². The zero-order chi connectivity index (χ0) is 38.1. The molecule has 2 aliphatic rings. The molecule has 2 saturated heterocycles. The number of aliphatic carboxylic acids is 1. The van der Waals surface area contributed by atoms with Crippen molar-refractivity contribution in [2.45, 2.75) is 122 Å². The summed E-state index contributed by atoms with van der Waals surface area (Å²) >= 11 is 0. The molecule has 0 radical (unpaired) electrons. The van der Waals surface area contributed by atoms with E-state index in [0.717, 1.165) is 48.5 Å². The minimum Gasteiger partial charge on any atom is -0.477 e. The number of carbonyl (C=O) groups excluding carboxylic acids is 7. The quantitative estimate of drug-likeness (QED) is 0.105. The standard InChI is InChI=1S/C29H41NO20/c1-11(32)30-21-18(43-13(3)34)8-29(28(40)41,49-24(21)23(45-15(5)36)20(44-14(4)35)10-42-12(2)33)50-27-26(47-17(7)38)25(46-16(6)37)22(39)19(9-31)48-27/h18-27,31,39H,8-10H2,1-7H3,(H,30,32)(H,40,41)/t18-,19+,20+,21+,22+,23+,24+,25-,26+,27-,29-/m0/s1. The molecule has 0 bridgehead atoms. The number of carbonyl (C=O) groups is 8. The molecule has 0 unspecified atom stereocenters. The van der Waals surface area contributed by atoms with Crippen molar-refractivity contribution in [3.8, 4) is 0 Å². The molecule has 1 amide bonds. The summed E-state index contributed by atoms with van der Waals surface area (Å²) in [7, 11) is 0. The molecule has 21 nitrogen and oxygen atoms in total. The Morgan fingerprint density at radius 3 is 1.82 bits per heavy atom. The van der Waals surface area contributed by atoms with Gasteiger partial charge in [-0.05, 0) is 0 Å². The van der Waals surface area contributed by atoms with Crippen molar-refractivity contribution in [2.75, 3.05) is 13.2 Å². The maximum atomic E-state index is 13.2. The number of ether oxygens (including phenoxy) is 9. The molecular formula is C29H41NO20. The van der Waals surface area contributed by atoms with E-state index in [1.165, 1.54) is 0 Å².